The number of methoxy groups -OCH3 is 2. The van der Waals surface area contributed by atoms with Crippen LogP contribution in [0.4, 0.5) is 0 Å². The minimum Gasteiger partial charge on any atom is -0.497 e. The Morgan fingerprint density at radius 1 is 1.03 bits per heavy atom. The molecule has 0 spiro atoms. The summed E-state index contributed by atoms with van der Waals surface area (Å²) in [6.45, 7) is 4.19. The lowest BCUT2D eigenvalue weighted by Crippen LogP contribution is -2.46. The van der Waals surface area contributed by atoms with Gasteiger partial charge in [-0.3, -0.25) is 0 Å². The third-order valence-corrected chi connectivity index (χ3v) is 4.80. The van der Waals surface area contributed by atoms with Crippen molar-refractivity contribution in [3.63, 3.8) is 0 Å². The van der Waals surface area contributed by atoms with Crippen LogP contribution in [0.2, 0.25) is 0 Å². The molecule has 1 unspecified atom stereocenters. The second kappa shape index (κ2) is 14.1. The Hall–Kier alpha value is -2.00. The summed E-state index contributed by atoms with van der Waals surface area (Å²) in [4.78, 5) is 6.99. The summed E-state index contributed by atoms with van der Waals surface area (Å²) >= 11 is 0. The van der Waals surface area contributed by atoms with E-state index in [1.54, 1.807) is 14.2 Å². The van der Waals surface area contributed by atoms with Crippen LogP contribution in [0.15, 0.2) is 53.5 Å². The van der Waals surface area contributed by atoms with E-state index in [2.05, 4.69) is 66.9 Å². The van der Waals surface area contributed by atoms with E-state index in [9.17, 15) is 0 Å². The van der Waals surface area contributed by atoms with Crippen LogP contribution in [0.3, 0.4) is 0 Å². The molecule has 0 fully saturated rings. The SMILES string of the molecule is CCNC(=NCc1ccc(OC)cc1OC)NCC(Cc1ccccc1)N(C)C.I. The first-order valence-electron chi connectivity index (χ1n) is 10.0. The summed E-state index contributed by atoms with van der Waals surface area (Å²) in [6.07, 6.45) is 0.979. The number of nitrogens with zero attached hydrogens (tertiary/aromatic N) is 2. The van der Waals surface area contributed by atoms with Gasteiger partial charge in [-0.05, 0) is 45.1 Å². The first-order chi connectivity index (χ1) is 14.1. The maximum absolute atomic E-state index is 5.48. The highest BCUT2D eigenvalue weighted by Gasteiger charge is 2.13. The van der Waals surface area contributed by atoms with Crippen molar-refractivity contribution in [3.8, 4) is 11.5 Å². The van der Waals surface area contributed by atoms with Gasteiger partial charge >= 0.3 is 0 Å². The molecule has 0 radical (unpaired) electrons. The number of aliphatic imine (C=N–C) groups is 1. The van der Waals surface area contributed by atoms with Crippen LogP contribution >= 0.6 is 24.0 Å². The van der Waals surface area contributed by atoms with Crippen LogP contribution < -0.4 is 20.1 Å². The van der Waals surface area contributed by atoms with Crippen LogP contribution in [-0.4, -0.2) is 58.3 Å². The molecular weight excluding hydrogens is 491 g/mol. The molecule has 0 bridgehead atoms. The zero-order chi connectivity index (χ0) is 21.1. The number of ether oxygens (including phenoxy) is 2. The molecule has 0 aliphatic rings. The molecule has 0 aliphatic carbocycles. The zero-order valence-corrected chi connectivity index (χ0v) is 21.0. The Labute approximate surface area is 198 Å². The summed E-state index contributed by atoms with van der Waals surface area (Å²) in [7, 11) is 7.54. The molecule has 6 nitrogen and oxygen atoms in total. The summed E-state index contributed by atoms with van der Waals surface area (Å²) in [5, 5.41) is 6.81. The fourth-order valence-corrected chi connectivity index (χ4v) is 3.03. The van der Waals surface area contributed by atoms with Crippen LogP contribution in [0.25, 0.3) is 0 Å². The first-order valence-corrected chi connectivity index (χ1v) is 10.0. The van der Waals surface area contributed by atoms with Gasteiger partial charge in [0.05, 0.1) is 20.8 Å². The van der Waals surface area contributed by atoms with Crippen LogP contribution in [-0.2, 0) is 13.0 Å². The molecule has 0 saturated heterocycles. The summed E-state index contributed by atoms with van der Waals surface area (Å²) in [5.41, 5.74) is 2.34. The van der Waals surface area contributed by atoms with Crippen molar-refractivity contribution in [1.82, 2.24) is 15.5 Å². The Balaban J connectivity index is 0.00000450. The maximum Gasteiger partial charge on any atom is 0.191 e. The van der Waals surface area contributed by atoms with Crippen molar-refractivity contribution in [2.24, 2.45) is 4.99 Å². The van der Waals surface area contributed by atoms with Crippen molar-refractivity contribution >= 4 is 29.9 Å². The summed E-state index contributed by atoms with van der Waals surface area (Å²) < 4.78 is 10.7. The second-order valence-corrected chi connectivity index (χ2v) is 7.06. The van der Waals surface area contributed by atoms with Gasteiger partial charge in [-0.25, -0.2) is 4.99 Å². The van der Waals surface area contributed by atoms with E-state index >= 15 is 0 Å². The number of likely N-dealkylation sites (N-methyl/N-ethyl adjacent to an activating group) is 1. The van der Waals surface area contributed by atoms with Gasteiger partial charge in [0.2, 0.25) is 0 Å². The Morgan fingerprint density at radius 2 is 1.77 bits per heavy atom. The lowest BCUT2D eigenvalue weighted by molar-refractivity contribution is 0.290. The quantitative estimate of drug-likeness (QED) is 0.282. The predicted octanol–water partition coefficient (Wildman–Crippen LogP) is 3.55. The van der Waals surface area contributed by atoms with E-state index in [1.807, 2.05) is 18.2 Å². The second-order valence-electron chi connectivity index (χ2n) is 7.06. The van der Waals surface area contributed by atoms with Gasteiger partial charge in [-0.2, -0.15) is 0 Å². The Bertz CT molecular complexity index is 769. The normalized spacial score (nSPS) is 12.1. The molecule has 0 heterocycles. The fourth-order valence-electron chi connectivity index (χ4n) is 3.03. The van der Waals surface area contributed by atoms with Crippen LogP contribution in [0.1, 0.15) is 18.1 Å². The lowest BCUT2D eigenvalue weighted by atomic mass is 10.1. The highest BCUT2D eigenvalue weighted by Crippen LogP contribution is 2.25. The number of nitrogens with one attached hydrogen (secondary N) is 2. The summed E-state index contributed by atoms with van der Waals surface area (Å²) in [5.74, 6) is 2.35. The van der Waals surface area contributed by atoms with Gasteiger partial charge in [0.25, 0.3) is 0 Å². The molecule has 30 heavy (non-hydrogen) atoms. The molecule has 0 saturated carbocycles. The molecule has 2 aromatic carbocycles. The standard InChI is InChI=1S/C23H34N4O2.HI/c1-6-24-23(25-16-19-12-13-21(28-4)15-22(19)29-5)26-17-20(27(2)3)14-18-10-8-7-9-11-18;/h7-13,15,20H,6,14,16-17H2,1-5H3,(H2,24,25,26);1H. The Morgan fingerprint density at radius 3 is 2.37 bits per heavy atom. The zero-order valence-electron chi connectivity index (χ0n) is 18.6. The Kier molecular flexibility index (Phi) is 12.2. The van der Waals surface area contributed by atoms with Gasteiger partial charge < -0.3 is 25.0 Å². The molecule has 2 rings (SSSR count). The van der Waals surface area contributed by atoms with E-state index in [1.165, 1.54) is 5.56 Å². The number of benzene rings is 2. The van der Waals surface area contributed by atoms with E-state index < -0.39 is 0 Å². The van der Waals surface area contributed by atoms with Crippen molar-refractivity contribution < 1.29 is 9.47 Å². The highest BCUT2D eigenvalue weighted by molar-refractivity contribution is 14.0. The highest BCUT2D eigenvalue weighted by atomic mass is 127. The molecule has 0 aromatic heterocycles. The van der Waals surface area contributed by atoms with Crippen LogP contribution in [0.5, 0.6) is 11.5 Å². The van der Waals surface area contributed by atoms with E-state index in [0.717, 1.165) is 42.5 Å². The van der Waals surface area contributed by atoms with Gasteiger partial charge in [-0.15, -0.1) is 24.0 Å². The van der Waals surface area contributed by atoms with Gasteiger partial charge in [0, 0.05) is 30.8 Å². The molecular formula is C23H35IN4O2. The van der Waals surface area contributed by atoms with E-state index in [0.29, 0.717) is 12.6 Å². The average Bonchev–Trinajstić information content (AvgIpc) is 2.75. The predicted molar refractivity (Wildman–Crippen MR) is 135 cm³/mol. The number of halogens is 1. The molecule has 166 valence electrons. The van der Waals surface area contributed by atoms with E-state index in [-0.39, 0.29) is 24.0 Å². The largest absolute Gasteiger partial charge is 0.497 e. The topological polar surface area (TPSA) is 58.1 Å². The molecule has 1 atom stereocenters. The van der Waals surface area contributed by atoms with Crippen LogP contribution in [0, 0.1) is 0 Å². The van der Waals surface area contributed by atoms with Gasteiger partial charge in [-0.1, -0.05) is 30.3 Å². The number of rotatable bonds is 10. The van der Waals surface area contributed by atoms with Crippen molar-refractivity contribution in [1.29, 1.82) is 0 Å². The average molecular weight is 526 g/mol. The minimum absolute atomic E-state index is 0. The van der Waals surface area contributed by atoms with Crippen molar-refractivity contribution in [2.45, 2.75) is 25.9 Å². The monoisotopic (exact) mass is 526 g/mol. The smallest absolute Gasteiger partial charge is 0.191 e. The fraction of sp³-hybridized carbons (Fsp3) is 0.435. The molecule has 0 amide bonds. The maximum atomic E-state index is 5.48. The van der Waals surface area contributed by atoms with Gasteiger partial charge in [0.15, 0.2) is 5.96 Å². The third-order valence-electron chi connectivity index (χ3n) is 4.80. The number of guanidine groups is 1. The first kappa shape index (κ1) is 26.0. The van der Waals surface area contributed by atoms with E-state index in [4.69, 9.17) is 14.5 Å². The lowest BCUT2D eigenvalue weighted by Gasteiger charge is -2.25. The number of hydrogen-bond donors (Lipinski definition) is 2. The van der Waals surface area contributed by atoms with Crippen molar-refractivity contribution in [2.75, 3.05) is 41.4 Å². The minimum atomic E-state index is 0. The molecule has 2 N–H and O–H groups in total. The summed E-state index contributed by atoms with van der Waals surface area (Å²) in [6, 6.07) is 16.7. The molecule has 7 heteroatoms. The molecule has 0 aliphatic heterocycles. The van der Waals surface area contributed by atoms with Crippen molar-refractivity contribution in [3.05, 3.63) is 59.7 Å². The number of hydrogen-bond acceptors (Lipinski definition) is 4. The third kappa shape index (κ3) is 8.39. The van der Waals surface area contributed by atoms with Gasteiger partial charge in [0.1, 0.15) is 11.5 Å². The molecule has 2 aromatic rings.